The van der Waals surface area contributed by atoms with Gasteiger partial charge in [0.25, 0.3) is 0 Å². The maximum Gasteiger partial charge on any atom is 0.241 e. The zero-order valence-electron chi connectivity index (χ0n) is 16.4. The smallest absolute Gasteiger partial charge is 0.241 e. The minimum absolute atomic E-state index is 0.0486. The summed E-state index contributed by atoms with van der Waals surface area (Å²) in [5.74, 6) is 2.84. The van der Waals surface area contributed by atoms with Gasteiger partial charge >= 0.3 is 0 Å². The molecule has 0 aromatic carbocycles. The highest BCUT2D eigenvalue weighted by atomic mass is 32.2. The predicted octanol–water partition coefficient (Wildman–Crippen LogP) is 2.83. The summed E-state index contributed by atoms with van der Waals surface area (Å²) in [5, 5.41) is 10.6. The van der Waals surface area contributed by atoms with Crippen LogP contribution in [0.1, 0.15) is 62.6 Å². The van der Waals surface area contributed by atoms with Crippen molar-refractivity contribution in [2.45, 2.75) is 75.5 Å². The number of thioether (sulfide) groups is 1. The molecular weight excluding hydrogens is 376 g/mol. The second-order valence-corrected chi connectivity index (χ2v) is 9.11. The normalized spacial score (nSPS) is 22.2. The number of hydrogen-bond donors (Lipinski definition) is 2. The summed E-state index contributed by atoms with van der Waals surface area (Å²) >= 11 is 1.80. The molecule has 2 fully saturated rings. The Labute approximate surface area is 170 Å². The summed E-state index contributed by atoms with van der Waals surface area (Å²) < 4.78 is 7.23. The molecule has 1 saturated heterocycles. The van der Waals surface area contributed by atoms with E-state index < -0.39 is 0 Å². The molecule has 0 bridgehead atoms. The molecule has 4 rings (SSSR count). The number of nitrogens with zero attached hydrogens (tertiary/aromatic N) is 2. The Bertz CT molecular complexity index is 709. The molecule has 2 aliphatic heterocycles. The van der Waals surface area contributed by atoms with Crippen LogP contribution in [0.25, 0.3) is 0 Å². The Balaban J connectivity index is 1.37. The van der Waals surface area contributed by atoms with Crippen molar-refractivity contribution >= 4 is 29.4 Å². The number of hydrogen-bond acceptors (Lipinski definition) is 5. The van der Waals surface area contributed by atoms with E-state index in [1.54, 1.807) is 16.4 Å². The number of nitrogens with one attached hydrogen (secondary N) is 2. The third-order valence-electron chi connectivity index (χ3n) is 5.92. The SMILES string of the molecule is O=C(Cn1nc2c(c1NC(=O)CC1CCCCC1)CSC2)NC[C@@H]1CCCO1. The van der Waals surface area contributed by atoms with Crippen LogP contribution < -0.4 is 10.6 Å². The first-order chi connectivity index (χ1) is 13.7. The zero-order valence-corrected chi connectivity index (χ0v) is 17.2. The van der Waals surface area contributed by atoms with E-state index in [1.807, 2.05) is 0 Å². The first-order valence-corrected chi connectivity index (χ1v) is 11.7. The standard InChI is InChI=1S/C20H30N4O3S/c25-18(9-14-5-2-1-3-6-14)22-20-16-12-28-13-17(16)23-24(20)11-19(26)21-10-15-7-4-8-27-15/h14-15H,1-13H2,(H,21,26)(H,22,25)/t15-/m0/s1. The Morgan fingerprint density at radius 2 is 1.96 bits per heavy atom. The Morgan fingerprint density at radius 1 is 1.11 bits per heavy atom. The molecule has 7 nitrogen and oxygen atoms in total. The van der Waals surface area contributed by atoms with Crippen LogP contribution >= 0.6 is 11.8 Å². The number of carbonyl (C=O) groups excluding carboxylic acids is 2. The molecule has 28 heavy (non-hydrogen) atoms. The lowest BCUT2D eigenvalue weighted by atomic mass is 9.87. The molecule has 1 atom stereocenters. The molecule has 1 saturated carbocycles. The van der Waals surface area contributed by atoms with Crippen molar-refractivity contribution in [3.8, 4) is 0 Å². The van der Waals surface area contributed by atoms with Crippen LogP contribution in [0.15, 0.2) is 0 Å². The fraction of sp³-hybridized carbons (Fsp3) is 0.750. The predicted molar refractivity (Wildman–Crippen MR) is 109 cm³/mol. The van der Waals surface area contributed by atoms with Crippen molar-refractivity contribution in [1.82, 2.24) is 15.1 Å². The van der Waals surface area contributed by atoms with Crippen molar-refractivity contribution < 1.29 is 14.3 Å². The summed E-state index contributed by atoms with van der Waals surface area (Å²) in [7, 11) is 0. The average Bonchev–Trinajstić information content (AvgIpc) is 3.41. The van der Waals surface area contributed by atoms with Crippen molar-refractivity contribution in [3.05, 3.63) is 11.3 Å². The largest absolute Gasteiger partial charge is 0.376 e. The molecule has 1 aromatic heterocycles. The average molecular weight is 407 g/mol. The van der Waals surface area contributed by atoms with Gasteiger partial charge in [-0.05, 0) is 31.6 Å². The van der Waals surface area contributed by atoms with Gasteiger partial charge in [-0.25, -0.2) is 4.68 Å². The van der Waals surface area contributed by atoms with Crippen molar-refractivity contribution in [2.24, 2.45) is 5.92 Å². The molecular formula is C20H30N4O3S. The van der Waals surface area contributed by atoms with E-state index in [2.05, 4.69) is 15.7 Å². The quantitative estimate of drug-likeness (QED) is 0.727. The van der Waals surface area contributed by atoms with Gasteiger partial charge in [-0.2, -0.15) is 16.9 Å². The Kier molecular flexibility index (Phi) is 6.57. The monoisotopic (exact) mass is 406 g/mol. The van der Waals surface area contributed by atoms with Gasteiger partial charge in [0, 0.05) is 36.6 Å². The van der Waals surface area contributed by atoms with Gasteiger partial charge in [-0.3, -0.25) is 9.59 Å². The summed E-state index contributed by atoms with van der Waals surface area (Å²) in [6.07, 6.45) is 8.78. The fourth-order valence-corrected chi connectivity index (χ4v) is 5.42. The minimum atomic E-state index is -0.0906. The van der Waals surface area contributed by atoms with Crippen LogP contribution in [0.2, 0.25) is 0 Å². The number of anilines is 1. The third kappa shape index (κ3) is 4.89. The molecule has 3 aliphatic rings. The molecule has 0 unspecified atom stereocenters. The minimum Gasteiger partial charge on any atom is -0.376 e. The maximum atomic E-state index is 12.6. The van der Waals surface area contributed by atoms with E-state index in [1.165, 1.54) is 19.3 Å². The number of rotatable bonds is 7. The fourth-order valence-electron chi connectivity index (χ4n) is 4.38. The Hall–Kier alpha value is -1.54. The van der Waals surface area contributed by atoms with Crippen molar-refractivity contribution in [1.29, 1.82) is 0 Å². The molecule has 154 valence electrons. The first kappa shape index (κ1) is 19.8. The van der Waals surface area contributed by atoms with E-state index in [4.69, 9.17) is 4.74 Å². The van der Waals surface area contributed by atoms with Crippen molar-refractivity contribution in [2.75, 3.05) is 18.5 Å². The van der Waals surface area contributed by atoms with Gasteiger partial charge in [0.2, 0.25) is 11.8 Å². The first-order valence-electron chi connectivity index (χ1n) is 10.5. The molecule has 8 heteroatoms. The van der Waals surface area contributed by atoms with Gasteiger partial charge in [0.05, 0.1) is 11.8 Å². The van der Waals surface area contributed by atoms with E-state index in [-0.39, 0.29) is 24.5 Å². The topological polar surface area (TPSA) is 85.2 Å². The number of fused-ring (bicyclic) bond motifs is 1. The van der Waals surface area contributed by atoms with E-state index in [0.717, 1.165) is 55.1 Å². The number of carbonyl (C=O) groups is 2. The van der Waals surface area contributed by atoms with Crippen molar-refractivity contribution in [3.63, 3.8) is 0 Å². The van der Waals surface area contributed by atoms with Crippen LogP contribution in [0.4, 0.5) is 5.82 Å². The molecule has 1 aromatic rings. The Morgan fingerprint density at radius 3 is 2.75 bits per heavy atom. The van der Waals surface area contributed by atoms with Gasteiger partial charge in [-0.15, -0.1) is 0 Å². The molecule has 3 heterocycles. The highest BCUT2D eigenvalue weighted by Crippen LogP contribution is 2.35. The van der Waals surface area contributed by atoms with E-state index >= 15 is 0 Å². The highest BCUT2D eigenvalue weighted by Gasteiger charge is 2.26. The zero-order chi connectivity index (χ0) is 19.3. The molecule has 2 N–H and O–H groups in total. The van der Waals surface area contributed by atoms with Crippen LogP contribution in [0, 0.1) is 5.92 Å². The lowest BCUT2D eigenvalue weighted by Crippen LogP contribution is -2.34. The summed E-state index contributed by atoms with van der Waals surface area (Å²) in [4.78, 5) is 25.0. The summed E-state index contributed by atoms with van der Waals surface area (Å²) in [5.41, 5.74) is 2.07. The third-order valence-corrected chi connectivity index (χ3v) is 6.89. The van der Waals surface area contributed by atoms with E-state index in [0.29, 0.717) is 24.7 Å². The van der Waals surface area contributed by atoms with Crippen LogP contribution in [-0.4, -0.2) is 40.9 Å². The van der Waals surface area contributed by atoms with Crippen LogP contribution in [0.5, 0.6) is 0 Å². The molecule has 0 spiro atoms. The van der Waals surface area contributed by atoms with Gasteiger partial charge in [-0.1, -0.05) is 19.3 Å². The van der Waals surface area contributed by atoms with Gasteiger partial charge < -0.3 is 15.4 Å². The van der Waals surface area contributed by atoms with Gasteiger partial charge in [0.15, 0.2) is 0 Å². The molecule has 2 amide bonds. The molecule has 0 radical (unpaired) electrons. The lowest BCUT2D eigenvalue weighted by Gasteiger charge is -2.21. The highest BCUT2D eigenvalue weighted by molar-refractivity contribution is 7.98. The van der Waals surface area contributed by atoms with Gasteiger partial charge in [0.1, 0.15) is 12.4 Å². The number of aromatic nitrogens is 2. The molecule has 1 aliphatic carbocycles. The summed E-state index contributed by atoms with van der Waals surface area (Å²) in [6.45, 7) is 1.45. The lowest BCUT2D eigenvalue weighted by molar-refractivity contribution is -0.122. The number of amides is 2. The van der Waals surface area contributed by atoms with E-state index in [9.17, 15) is 9.59 Å². The summed E-state index contributed by atoms with van der Waals surface area (Å²) in [6, 6.07) is 0. The second kappa shape index (κ2) is 9.31. The second-order valence-electron chi connectivity index (χ2n) is 8.12. The van der Waals surface area contributed by atoms with Crippen LogP contribution in [-0.2, 0) is 32.4 Å². The van der Waals surface area contributed by atoms with Crippen LogP contribution in [0.3, 0.4) is 0 Å². The number of ether oxygens (including phenoxy) is 1. The maximum absolute atomic E-state index is 12.6.